The van der Waals surface area contributed by atoms with Crippen molar-refractivity contribution < 1.29 is 27.1 Å². The number of hydrogen-bond donors (Lipinski definition) is 2. The van der Waals surface area contributed by atoms with E-state index in [4.69, 9.17) is 0 Å². The van der Waals surface area contributed by atoms with Gasteiger partial charge in [-0.15, -0.1) is 0 Å². The molecule has 0 aliphatic heterocycles. The molecule has 0 aromatic heterocycles. The predicted molar refractivity (Wildman–Crippen MR) is 113 cm³/mol. The summed E-state index contributed by atoms with van der Waals surface area (Å²) < 4.78 is 49.6. The van der Waals surface area contributed by atoms with Gasteiger partial charge in [0, 0.05) is 0 Å². The minimum Gasteiger partial charge on any atom is -0.384 e. The van der Waals surface area contributed by atoms with Crippen molar-refractivity contribution in [2.75, 3.05) is 6.54 Å². The zero-order chi connectivity index (χ0) is 22.6. The Balaban J connectivity index is 1.76. The molecule has 1 amide bonds. The van der Waals surface area contributed by atoms with E-state index in [-0.39, 0.29) is 6.54 Å². The van der Waals surface area contributed by atoms with E-state index >= 15 is 0 Å². The van der Waals surface area contributed by atoms with Crippen molar-refractivity contribution in [3.63, 3.8) is 0 Å². The maximum absolute atomic E-state index is 12.9. The highest BCUT2D eigenvalue weighted by Crippen LogP contribution is 2.26. The van der Waals surface area contributed by atoms with Gasteiger partial charge in [-0.3, -0.25) is 4.79 Å². The lowest BCUT2D eigenvalue weighted by Crippen LogP contribution is -2.39. The third-order valence-corrected chi connectivity index (χ3v) is 6.32. The van der Waals surface area contributed by atoms with E-state index in [0.717, 1.165) is 23.3 Å². The molecule has 2 N–H and O–H groups in total. The molecule has 0 saturated carbocycles. The van der Waals surface area contributed by atoms with Crippen LogP contribution < -0.4 is 5.32 Å². The average Bonchev–Trinajstić information content (AvgIpc) is 2.78. The van der Waals surface area contributed by atoms with Gasteiger partial charge in [-0.05, 0) is 35.7 Å². The highest BCUT2D eigenvalue weighted by atomic mass is 32.2. The Morgan fingerprint density at radius 1 is 0.935 bits per heavy atom. The molecule has 0 aliphatic carbocycles. The molecule has 0 aliphatic rings. The molecular formula is C23H21F2NO4S. The first-order valence-electron chi connectivity index (χ1n) is 9.40. The summed E-state index contributed by atoms with van der Waals surface area (Å²) in [5, 5.41) is 13.2. The number of alkyl halides is 2. The number of rotatable bonds is 7. The van der Waals surface area contributed by atoms with Crippen molar-refractivity contribution in [2.45, 2.75) is 23.2 Å². The number of nitrogens with one attached hydrogen (secondary N) is 1. The average molecular weight is 445 g/mol. The van der Waals surface area contributed by atoms with Gasteiger partial charge in [0.05, 0.1) is 17.0 Å². The van der Waals surface area contributed by atoms with Crippen molar-refractivity contribution in [3.8, 4) is 11.1 Å². The van der Waals surface area contributed by atoms with Gasteiger partial charge in [-0.2, -0.15) is 8.78 Å². The van der Waals surface area contributed by atoms with E-state index < -0.39 is 37.6 Å². The highest BCUT2D eigenvalue weighted by Gasteiger charge is 2.31. The smallest absolute Gasteiger partial charge is 0.341 e. The molecule has 5 nitrogen and oxygen atoms in total. The second-order valence-electron chi connectivity index (χ2n) is 7.20. The Kier molecular flexibility index (Phi) is 6.52. The van der Waals surface area contributed by atoms with Gasteiger partial charge in [0.15, 0.2) is 0 Å². The van der Waals surface area contributed by atoms with E-state index in [0.29, 0.717) is 5.56 Å². The van der Waals surface area contributed by atoms with Crippen LogP contribution in [0.5, 0.6) is 0 Å². The van der Waals surface area contributed by atoms with Crippen molar-refractivity contribution >= 4 is 15.7 Å². The van der Waals surface area contributed by atoms with Crippen LogP contribution in [-0.4, -0.2) is 31.7 Å². The van der Waals surface area contributed by atoms with Crippen molar-refractivity contribution in [1.29, 1.82) is 0 Å². The summed E-state index contributed by atoms with van der Waals surface area (Å²) in [4.78, 5) is 11.8. The standard InChI is InChI=1S/C23H21F2NO4S/c1-23(28,18-13-11-17(12-14-18)16-7-3-2-4-8-16)15-26-21(27)19-9-5-6-10-20(19)31(29,30)22(24)25/h2-14,22,28H,15H2,1H3,(H,26,27)/t23-/m1/s1. The molecule has 3 aromatic carbocycles. The summed E-state index contributed by atoms with van der Waals surface area (Å²) >= 11 is 0. The molecule has 3 rings (SSSR count). The van der Waals surface area contributed by atoms with Crippen LogP contribution in [0, 0.1) is 0 Å². The monoisotopic (exact) mass is 445 g/mol. The molecule has 0 heterocycles. The zero-order valence-corrected chi connectivity index (χ0v) is 17.4. The number of carbonyl (C=O) groups is 1. The molecule has 31 heavy (non-hydrogen) atoms. The van der Waals surface area contributed by atoms with Gasteiger partial charge < -0.3 is 10.4 Å². The van der Waals surface area contributed by atoms with Crippen LogP contribution in [0.25, 0.3) is 11.1 Å². The van der Waals surface area contributed by atoms with E-state index in [9.17, 15) is 27.1 Å². The topological polar surface area (TPSA) is 83.5 Å². The van der Waals surface area contributed by atoms with Gasteiger partial charge in [0.25, 0.3) is 5.91 Å². The summed E-state index contributed by atoms with van der Waals surface area (Å²) in [6.07, 6.45) is 0. The molecule has 0 spiro atoms. The van der Waals surface area contributed by atoms with Crippen LogP contribution in [-0.2, 0) is 15.4 Å². The number of sulfone groups is 1. The second-order valence-corrected chi connectivity index (χ2v) is 9.09. The maximum Gasteiger partial charge on any atom is 0.341 e. The molecule has 1 atom stereocenters. The second kappa shape index (κ2) is 8.95. The Labute approximate surface area is 179 Å². The third kappa shape index (κ3) is 4.98. The van der Waals surface area contributed by atoms with Crippen LogP contribution in [0.2, 0.25) is 0 Å². The fourth-order valence-corrected chi connectivity index (χ4v) is 4.03. The van der Waals surface area contributed by atoms with Crippen molar-refractivity contribution in [1.82, 2.24) is 5.32 Å². The number of halogens is 2. The van der Waals surface area contributed by atoms with E-state index in [1.807, 2.05) is 42.5 Å². The van der Waals surface area contributed by atoms with E-state index in [2.05, 4.69) is 5.32 Å². The largest absolute Gasteiger partial charge is 0.384 e. The number of carbonyl (C=O) groups excluding carboxylic acids is 1. The SMILES string of the molecule is C[C@@](O)(CNC(=O)c1ccccc1S(=O)(=O)C(F)F)c1ccc(-c2ccccc2)cc1. The lowest BCUT2D eigenvalue weighted by Gasteiger charge is -2.25. The molecule has 0 bridgehead atoms. The fraction of sp³-hybridized carbons (Fsp3) is 0.174. The molecule has 0 saturated heterocycles. The molecule has 8 heteroatoms. The number of aliphatic hydroxyl groups is 1. The molecule has 0 fully saturated rings. The minimum atomic E-state index is -4.95. The van der Waals surface area contributed by atoms with E-state index in [1.54, 1.807) is 12.1 Å². The van der Waals surface area contributed by atoms with Gasteiger partial charge in [-0.25, -0.2) is 8.42 Å². The Morgan fingerprint density at radius 3 is 2.10 bits per heavy atom. The fourth-order valence-electron chi connectivity index (χ4n) is 3.10. The Hall–Kier alpha value is -3.10. The Bertz CT molecular complexity index is 1160. The lowest BCUT2D eigenvalue weighted by atomic mass is 9.93. The Morgan fingerprint density at radius 2 is 1.48 bits per heavy atom. The molecule has 0 unspecified atom stereocenters. The van der Waals surface area contributed by atoms with E-state index in [1.165, 1.54) is 19.1 Å². The summed E-state index contributed by atoms with van der Waals surface area (Å²) in [6, 6.07) is 21.5. The quantitative estimate of drug-likeness (QED) is 0.576. The summed E-state index contributed by atoms with van der Waals surface area (Å²) in [5.74, 6) is -4.52. The zero-order valence-electron chi connectivity index (χ0n) is 16.6. The van der Waals surface area contributed by atoms with Gasteiger partial charge in [-0.1, -0.05) is 66.7 Å². The first kappa shape index (κ1) is 22.6. The van der Waals surface area contributed by atoms with Crippen LogP contribution in [0.1, 0.15) is 22.8 Å². The summed E-state index contributed by atoms with van der Waals surface area (Å²) in [7, 11) is -4.95. The van der Waals surface area contributed by atoms with Crippen molar-refractivity contribution in [2.24, 2.45) is 0 Å². The highest BCUT2D eigenvalue weighted by molar-refractivity contribution is 7.91. The van der Waals surface area contributed by atoms with Gasteiger partial charge in [0.2, 0.25) is 9.84 Å². The van der Waals surface area contributed by atoms with Crippen LogP contribution in [0.15, 0.2) is 83.8 Å². The summed E-state index contributed by atoms with van der Waals surface area (Å²) in [5.41, 5.74) is 0.620. The van der Waals surface area contributed by atoms with Crippen LogP contribution >= 0.6 is 0 Å². The molecular weight excluding hydrogens is 424 g/mol. The first-order valence-corrected chi connectivity index (χ1v) is 11.0. The number of hydrogen-bond acceptors (Lipinski definition) is 4. The molecule has 162 valence electrons. The summed E-state index contributed by atoms with van der Waals surface area (Å²) in [6.45, 7) is 1.24. The number of benzene rings is 3. The molecule has 3 aromatic rings. The van der Waals surface area contributed by atoms with Crippen molar-refractivity contribution in [3.05, 3.63) is 90.0 Å². The lowest BCUT2D eigenvalue weighted by molar-refractivity contribution is 0.0525. The molecule has 0 radical (unpaired) electrons. The van der Waals surface area contributed by atoms with Gasteiger partial charge >= 0.3 is 5.76 Å². The van der Waals surface area contributed by atoms with Crippen LogP contribution in [0.4, 0.5) is 8.78 Å². The predicted octanol–water partition coefficient (Wildman–Crippen LogP) is 3.99. The van der Waals surface area contributed by atoms with Gasteiger partial charge in [0.1, 0.15) is 5.60 Å². The third-order valence-electron chi connectivity index (χ3n) is 4.88. The minimum absolute atomic E-state index is 0.250. The van der Waals surface area contributed by atoms with Crippen LogP contribution in [0.3, 0.4) is 0 Å². The first-order chi connectivity index (χ1) is 14.6. The number of amides is 1. The normalized spacial score (nSPS) is 13.6. The maximum atomic E-state index is 12.9.